The molecule has 0 saturated carbocycles. The first kappa shape index (κ1) is 15.9. The molecule has 2 aromatic rings. The zero-order chi connectivity index (χ0) is 16.4. The van der Waals surface area contributed by atoms with Gasteiger partial charge in [0.05, 0.1) is 12.6 Å². The third-order valence-corrected chi connectivity index (χ3v) is 4.33. The van der Waals surface area contributed by atoms with Crippen molar-refractivity contribution in [2.75, 3.05) is 38.7 Å². The maximum atomic E-state index is 12.2. The van der Waals surface area contributed by atoms with Crippen molar-refractivity contribution in [1.29, 1.82) is 0 Å². The molecule has 7 heteroatoms. The fourth-order valence-corrected chi connectivity index (χ4v) is 3.01. The Labute approximate surface area is 135 Å². The second-order valence-corrected chi connectivity index (χ2v) is 6.25. The highest BCUT2D eigenvalue weighted by molar-refractivity contribution is 5.75. The molecule has 1 aliphatic heterocycles. The standard InChI is InChI=1S/C16H23N5O2/c1-19(2)8-9-21-14(23)6-5-12-10-17-16(18-15(12)21)20-7-3-4-13(20)11-22/h5-6,10,13,22H,3-4,7-9,11H2,1-2H3. The molecule has 2 aromatic heterocycles. The van der Waals surface area contributed by atoms with Crippen LogP contribution in [0, 0.1) is 0 Å². The topological polar surface area (TPSA) is 74.5 Å². The van der Waals surface area contributed by atoms with Crippen LogP contribution in [-0.2, 0) is 6.54 Å². The largest absolute Gasteiger partial charge is 0.394 e. The zero-order valence-corrected chi connectivity index (χ0v) is 13.6. The Hall–Kier alpha value is -1.99. The van der Waals surface area contributed by atoms with Crippen molar-refractivity contribution in [2.24, 2.45) is 0 Å². The molecule has 1 aliphatic rings. The minimum absolute atomic E-state index is 0.0517. The van der Waals surface area contributed by atoms with E-state index >= 15 is 0 Å². The molecule has 1 N–H and O–H groups in total. The number of aromatic nitrogens is 3. The monoisotopic (exact) mass is 317 g/mol. The lowest BCUT2D eigenvalue weighted by molar-refractivity contribution is 0.265. The summed E-state index contributed by atoms with van der Waals surface area (Å²) in [5.74, 6) is 0.596. The van der Waals surface area contributed by atoms with Crippen LogP contribution in [0.2, 0.25) is 0 Å². The van der Waals surface area contributed by atoms with Gasteiger partial charge >= 0.3 is 0 Å². The van der Waals surface area contributed by atoms with Gasteiger partial charge in [-0.2, -0.15) is 4.98 Å². The predicted molar refractivity (Wildman–Crippen MR) is 89.8 cm³/mol. The second kappa shape index (κ2) is 6.64. The number of rotatable bonds is 5. The summed E-state index contributed by atoms with van der Waals surface area (Å²) in [5, 5.41) is 10.4. The van der Waals surface area contributed by atoms with E-state index < -0.39 is 0 Å². The van der Waals surface area contributed by atoms with Crippen molar-refractivity contribution < 1.29 is 5.11 Å². The lowest BCUT2D eigenvalue weighted by atomic mass is 10.2. The number of aliphatic hydroxyl groups excluding tert-OH is 1. The third kappa shape index (κ3) is 3.20. The van der Waals surface area contributed by atoms with E-state index in [1.807, 2.05) is 23.9 Å². The van der Waals surface area contributed by atoms with Gasteiger partial charge in [0, 0.05) is 37.3 Å². The SMILES string of the molecule is CN(C)CCn1c(=O)ccc2cnc(N3CCCC3CO)nc21. The van der Waals surface area contributed by atoms with Gasteiger partial charge in [-0.1, -0.05) is 0 Å². The number of likely N-dealkylation sites (N-methyl/N-ethyl adjacent to an activating group) is 1. The summed E-state index contributed by atoms with van der Waals surface area (Å²) in [6.45, 7) is 2.29. The number of fused-ring (bicyclic) bond motifs is 1. The average molecular weight is 317 g/mol. The Morgan fingerprint density at radius 3 is 2.96 bits per heavy atom. The molecule has 124 valence electrons. The smallest absolute Gasteiger partial charge is 0.252 e. The molecule has 0 aliphatic carbocycles. The average Bonchev–Trinajstić information content (AvgIpc) is 3.01. The number of anilines is 1. The molecule has 0 amide bonds. The molecular formula is C16H23N5O2. The van der Waals surface area contributed by atoms with E-state index in [1.165, 1.54) is 0 Å². The maximum absolute atomic E-state index is 12.2. The first-order valence-corrected chi connectivity index (χ1v) is 7.99. The van der Waals surface area contributed by atoms with E-state index in [9.17, 15) is 9.90 Å². The normalized spacial score (nSPS) is 18.3. The highest BCUT2D eigenvalue weighted by atomic mass is 16.3. The predicted octanol–water partition coefficient (Wildman–Crippen LogP) is 0.314. The summed E-state index contributed by atoms with van der Waals surface area (Å²) in [4.78, 5) is 25.4. The maximum Gasteiger partial charge on any atom is 0.252 e. The van der Waals surface area contributed by atoms with E-state index in [4.69, 9.17) is 0 Å². The Kier molecular flexibility index (Phi) is 4.58. The summed E-state index contributed by atoms with van der Waals surface area (Å²) < 4.78 is 1.70. The van der Waals surface area contributed by atoms with Crippen molar-refractivity contribution in [3.8, 4) is 0 Å². The van der Waals surface area contributed by atoms with E-state index in [2.05, 4.69) is 9.97 Å². The summed E-state index contributed by atoms with van der Waals surface area (Å²) in [6, 6.07) is 3.40. The fourth-order valence-electron chi connectivity index (χ4n) is 3.01. The van der Waals surface area contributed by atoms with Gasteiger partial charge in [0.15, 0.2) is 0 Å². The number of hydrogen-bond acceptors (Lipinski definition) is 6. The van der Waals surface area contributed by atoms with Crippen LogP contribution in [-0.4, -0.2) is 64.4 Å². The molecule has 0 aromatic carbocycles. The minimum atomic E-state index is -0.0517. The molecule has 3 heterocycles. The van der Waals surface area contributed by atoms with Crippen LogP contribution in [0.1, 0.15) is 12.8 Å². The summed E-state index contributed by atoms with van der Waals surface area (Å²) in [5.41, 5.74) is 0.608. The molecule has 1 unspecified atom stereocenters. The van der Waals surface area contributed by atoms with E-state index in [-0.39, 0.29) is 18.2 Å². The number of aliphatic hydroxyl groups is 1. The van der Waals surface area contributed by atoms with Crippen molar-refractivity contribution in [3.05, 3.63) is 28.7 Å². The van der Waals surface area contributed by atoms with Gasteiger partial charge in [0.1, 0.15) is 5.65 Å². The van der Waals surface area contributed by atoms with Gasteiger partial charge in [-0.25, -0.2) is 4.98 Å². The van der Waals surface area contributed by atoms with E-state index in [1.54, 1.807) is 22.9 Å². The number of hydrogen-bond donors (Lipinski definition) is 1. The highest BCUT2D eigenvalue weighted by Gasteiger charge is 2.26. The molecular weight excluding hydrogens is 294 g/mol. The van der Waals surface area contributed by atoms with Crippen LogP contribution in [0.3, 0.4) is 0 Å². The number of pyridine rings is 1. The quantitative estimate of drug-likeness (QED) is 0.856. The Bertz CT molecular complexity index is 743. The molecule has 0 radical (unpaired) electrons. The van der Waals surface area contributed by atoms with Crippen molar-refractivity contribution >= 4 is 17.0 Å². The minimum Gasteiger partial charge on any atom is -0.394 e. The molecule has 0 bridgehead atoms. The molecule has 23 heavy (non-hydrogen) atoms. The Balaban J connectivity index is 2.03. The summed E-state index contributed by atoms with van der Waals surface area (Å²) in [6.07, 6.45) is 3.73. The second-order valence-electron chi connectivity index (χ2n) is 6.25. The first-order chi connectivity index (χ1) is 11.1. The summed E-state index contributed by atoms with van der Waals surface area (Å²) >= 11 is 0. The molecule has 1 atom stereocenters. The van der Waals surface area contributed by atoms with Gasteiger partial charge in [-0.05, 0) is 33.0 Å². The zero-order valence-electron chi connectivity index (χ0n) is 13.6. The molecule has 1 fully saturated rings. The Morgan fingerprint density at radius 1 is 1.39 bits per heavy atom. The van der Waals surface area contributed by atoms with Crippen molar-refractivity contribution in [2.45, 2.75) is 25.4 Å². The van der Waals surface area contributed by atoms with E-state index in [0.717, 1.165) is 31.3 Å². The van der Waals surface area contributed by atoms with E-state index in [0.29, 0.717) is 18.1 Å². The fraction of sp³-hybridized carbons (Fsp3) is 0.562. The lowest BCUT2D eigenvalue weighted by Crippen LogP contribution is -2.34. The van der Waals surface area contributed by atoms with Crippen LogP contribution in [0.4, 0.5) is 5.95 Å². The highest BCUT2D eigenvalue weighted by Crippen LogP contribution is 2.23. The molecule has 1 saturated heterocycles. The first-order valence-electron chi connectivity index (χ1n) is 7.99. The van der Waals surface area contributed by atoms with Crippen molar-refractivity contribution in [3.63, 3.8) is 0 Å². The molecule has 0 spiro atoms. The lowest BCUT2D eigenvalue weighted by Gasteiger charge is -2.23. The van der Waals surface area contributed by atoms with Gasteiger partial charge in [-0.3, -0.25) is 9.36 Å². The third-order valence-electron chi connectivity index (χ3n) is 4.33. The van der Waals surface area contributed by atoms with Gasteiger partial charge < -0.3 is 14.9 Å². The Morgan fingerprint density at radius 2 is 2.22 bits per heavy atom. The van der Waals surface area contributed by atoms with Crippen LogP contribution in [0.25, 0.3) is 11.0 Å². The van der Waals surface area contributed by atoms with Crippen molar-refractivity contribution in [1.82, 2.24) is 19.4 Å². The number of nitrogens with zero attached hydrogens (tertiary/aromatic N) is 5. The van der Waals surface area contributed by atoms with Gasteiger partial charge in [0.2, 0.25) is 5.95 Å². The molecule has 3 rings (SSSR count). The van der Waals surface area contributed by atoms with Crippen LogP contribution in [0.15, 0.2) is 23.1 Å². The van der Waals surface area contributed by atoms with Gasteiger partial charge in [0.25, 0.3) is 5.56 Å². The van der Waals surface area contributed by atoms with Crippen LogP contribution in [0.5, 0.6) is 0 Å². The summed E-state index contributed by atoms with van der Waals surface area (Å²) in [7, 11) is 3.96. The van der Waals surface area contributed by atoms with Crippen LogP contribution < -0.4 is 10.5 Å². The van der Waals surface area contributed by atoms with Gasteiger partial charge in [-0.15, -0.1) is 0 Å². The van der Waals surface area contributed by atoms with Crippen LogP contribution >= 0.6 is 0 Å². The molecule has 7 nitrogen and oxygen atoms in total.